The fourth-order valence-electron chi connectivity index (χ4n) is 3.83. The number of hydrogen-bond acceptors (Lipinski definition) is 4. The van der Waals surface area contributed by atoms with Crippen LogP contribution < -0.4 is 0 Å². The summed E-state index contributed by atoms with van der Waals surface area (Å²) >= 11 is 0. The summed E-state index contributed by atoms with van der Waals surface area (Å²) < 4.78 is 17.0. The molecule has 2 atom stereocenters. The van der Waals surface area contributed by atoms with Gasteiger partial charge < -0.3 is 25.7 Å². The molecular formula is C20H37O4V-. The van der Waals surface area contributed by atoms with Crippen LogP contribution in [0.25, 0.3) is 0 Å². The molecule has 5 heteroatoms. The van der Waals surface area contributed by atoms with Crippen LogP contribution >= 0.6 is 0 Å². The third-order valence-corrected chi connectivity index (χ3v) is 5.45. The Labute approximate surface area is 166 Å². The Hall–Kier alpha value is 0.424. The van der Waals surface area contributed by atoms with Crippen molar-refractivity contribution in [3.63, 3.8) is 0 Å². The Morgan fingerprint density at radius 3 is 2.12 bits per heavy atom. The van der Waals surface area contributed by atoms with E-state index in [2.05, 4.69) is 6.42 Å². The van der Waals surface area contributed by atoms with Gasteiger partial charge in [-0.05, 0) is 31.6 Å². The summed E-state index contributed by atoms with van der Waals surface area (Å²) in [5.74, 6) is 1.39. The predicted octanol–water partition coefficient (Wildman–Crippen LogP) is 3.76. The second-order valence-corrected chi connectivity index (χ2v) is 7.40. The van der Waals surface area contributed by atoms with Crippen molar-refractivity contribution in [2.24, 2.45) is 11.8 Å². The minimum absolute atomic E-state index is 0. The maximum absolute atomic E-state index is 8.68. The first-order valence-corrected chi connectivity index (χ1v) is 10.1. The van der Waals surface area contributed by atoms with Crippen molar-refractivity contribution in [1.82, 2.24) is 0 Å². The Bertz CT molecular complexity index is 304. The molecule has 1 unspecified atom stereocenters. The molecule has 1 heterocycles. The molecule has 0 aromatic rings. The van der Waals surface area contributed by atoms with Gasteiger partial charge in [-0.3, -0.25) is 0 Å². The molecule has 1 N–H and O–H groups in total. The molecule has 25 heavy (non-hydrogen) atoms. The van der Waals surface area contributed by atoms with Crippen LogP contribution in [0.5, 0.6) is 0 Å². The van der Waals surface area contributed by atoms with E-state index in [1.54, 1.807) is 0 Å². The van der Waals surface area contributed by atoms with Crippen molar-refractivity contribution >= 4 is 0 Å². The van der Waals surface area contributed by atoms with Crippen LogP contribution in [-0.4, -0.2) is 50.3 Å². The van der Waals surface area contributed by atoms with E-state index in [0.29, 0.717) is 25.7 Å². The summed E-state index contributed by atoms with van der Waals surface area (Å²) in [4.78, 5) is 0. The number of ether oxygens (including phenoxy) is 3. The maximum Gasteiger partial charge on any atom is 0.109 e. The van der Waals surface area contributed by atoms with Crippen LogP contribution in [0.2, 0.25) is 0 Å². The second-order valence-electron chi connectivity index (χ2n) is 7.40. The van der Waals surface area contributed by atoms with E-state index in [1.165, 1.54) is 57.8 Å². The van der Waals surface area contributed by atoms with Crippen LogP contribution in [0.15, 0.2) is 0 Å². The fourth-order valence-corrected chi connectivity index (χ4v) is 3.83. The SMILES string of the molecule is CCOC1COC[C@H]1OCC1CCCCC1.OCC1CC[CH-]CC1.[V]. The van der Waals surface area contributed by atoms with Crippen molar-refractivity contribution in [2.75, 3.05) is 33.0 Å². The van der Waals surface area contributed by atoms with Crippen molar-refractivity contribution in [3.05, 3.63) is 6.42 Å². The zero-order valence-electron chi connectivity index (χ0n) is 15.9. The molecule has 0 spiro atoms. The molecule has 0 aromatic carbocycles. The molecule has 0 aromatic heterocycles. The summed E-state index contributed by atoms with van der Waals surface area (Å²) in [6.07, 6.45) is 14.3. The van der Waals surface area contributed by atoms with Gasteiger partial charge in [0.2, 0.25) is 0 Å². The van der Waals surface area contributed by atoms with Gasteiger partial charge in [0.1, 0.15) is 12.2 Å². The smallest absolute Gasteiger partial charge is 0.109 e. The van der Waals surface area contributed by atoms with E-state index in [0.717, 1.165) is 19.1 Å². The Balaban J connectivity index is 0.000000295. The monoisotopic (exact) mass is 392 g/mol. The molecule has 2 aliphatic carbocycles. The predicted molar refractivity (Wildman–Crippen MR) is 95.9 cm³/mol. The van der Waals surface area contributed by atoms with Crippen molar-refractivity contribution in [3.8, 4) is 0 Å². The Morgan fingerprint density at radius 2 is 1.56 bits per heavy atom. The molecule has 3 fully saturated rings. The molecule has 2 saturated carbocycles. The third-order valence-electron chi connectivity index (χ3n) is 5.45. The molecule has 1 saturated heterocycles. The first-order chi connectivity index (χ1) is 11.8. The Kier molecular flexibility index (Phi) is 13.6. The van der Waals surface area contributed by atoms with Gasteiger partial charge in [-0.1, -0.05) is 32.1 Å². The summed E-state index contributed by atoms with van der Waals surface area (Å²) in [6.45, 7) is 5.47. The minimum atomic E-state index is 0. The van der Waals surface area contributed by atoms with E-state index in [1.807, 2.05) is 6.92 Å². The normalized spacial score (nSPS) is 28.1. The van der Waals surface area contributed by atoms with Gasteiger partial charge in [-0.2, -0.15) is 12.8 Å². The van der Waals surface area contributed by atoms with Gasteiger partial charge in [-0.25, -0.2) is 0 Å². The largest absolute Gasteiger partial charge is 0.396 e. The summed E-state index contributed by atoms with van der Waals surface area (Å²) in [6, 6.07) is 0. The van der Waals surface area contributed by atoms with Crippen LogP contribution in [0, 0.1) is 18.3 Å². The molecule has 147 valence electrons. The van der Waals surface area contributed by atoms with Gasteiger partial charge in [0.15, 0.2) is 0 Å². The maximum atomic E-state index is 8.68. The van der Waals surface area contributed by atoms with Crippen LogP contribution in [0.4, 0.5) is 0 Å². The summed E-state index contributed by atoms with van der Waals surface area (Å²) in [7, 11) is 0. The minimum Gasteiger partial charge on any atom is -0.396 e. The Morgan fingerprint density at radius 1 is 0.920 bits per heavy atom. The van der Waals surface area contributed by atoms with E-state index in [-0.39, 0.29) is 30.8 Å². The van der Waals surface area contributed by atoms with Gasteiger partial charge in [0, 0.05) is 31.8 Å². The topological polar surface area (TPSA) is 47.9 Å². The van der Waals surface area contributed by atoms with Crippen LogP contribution in [0.3, 0.4) is 0 Å². The molecule has 0 amide bonds. The van der Waals surface area contributed by atoms with E-state index in [9.17, 15) is 0 Å². The second kappa shape index (κ2) is 14.5. The first kappa shape index (κ1) is 23.5. The standard InChI is InChI=1S/C13H24O3.C7H13O.V/c1-2-15-12-9-14-10-13(12)16-8-11-6-4-3-5-7-11;8-6-7-4-2-1-3-5-7;/h11-13H,2-10H2,1H3;1,7-8H,2-6H2;/q;-1;/t12?,13-;;/m1../s1. The molecule has 1 aliphatic heterocycles. The van der Waals surface area contributed by atoms with E-state index < -0.39 is 0 Å². The first-order valence-electron chi connectivity index (χ1n) is 10.1. The van der Waals surface area contributed by atoms with Gasteiger partial charge in [-0.15, -0.1) is 0 Å². The van der Waals surface area contributed by atoms with Gasteiger partial charge >= 0.3 is 0 Å². The number of hydrogen-bond donors (Lipinski definition) is 1. The third kappa shape index (κ3) is 9.26. The zero-order chi connectivity index (χ0) is 17.0. The van der Waals surface area contributed by atoms with Crippen molar-refractivity contribution in [1.29, 1.82) is 0 Å². The van der Waals surface area contributed by atoms with Crippen LogP contribution in [-0.2, 0) is 32.8 Å². The summed E-state index contributed by atoms with van der Waals surface area (Å²) in [5.41, 5.74) is 0. The van der Waals surface area contributed by atoms with Gasteiger partial charge in [0.05, 0.1) is 19.8 Å². The average Bonchev–Trinajstić information content (AvgIpc) is 3.10. The molecule has 3 rings (SSSR count). The molecule has 3 aliphatic rings. The molecule has 0 bridgehead atoms. The van der Waals surface area contributed by atoms with Crippen molar-refractivity contribution < 1.29 is 37.9 Å². The fraction of sp³-hybridized carbons (Fsp3) is 0.950. The molecule has 4 nitrogen and oxygen atoms in total. The zero-order valence-corrected chi connectivity index (χ0v) is 17.3. The van der Waals surface area contributed by atoms with E-state index in [4.69, 9.17) is 19.3 Å². The number of rotatable bonds is 6. The quantitative estimate of drug-likeness (QED) is 0.700. The van der Waals surface area contributed by atoms with Crippen molar-refractivity contribution in [2.45, 2.75) is 76.9 Å². The molecular weight excluding hydrogens is 355 g/mol. The number of aliphatic hydroxyl groups excluding tert-OH is 1. The molecule has 1 radical (unpaired) electrons. The van der Waals surface area contributed by atoms with E-state index >= 15 is 0 Å². The average molecular weight is 392 g/mol. The van der Waals surface area contributed by atoms with Gasteiger partial charge in [0.25, 0.3) is 0 Å². The number of aliphatic hydroxyl groups is 1. The summed E-state index contributed by atoms with van der Waals surface area (Å²) in [5, 5.41) is 8.68. The van der Waals surface area contributed by atoms with Crippen LogP contribution in [0.1, 0.15) is 64.7 Å².